The molecule has 2 aromatic heterocycles. The number of carbonyl (C=O) groups excluding carboxylic acids is 2. The van der Waals surface area contributed by atoms with Crippen LogP contribution in [0, 0.1) is 0 Å². The molecule has 2 fully saturated rings. The highest BCUT2D eigenvalue weighted by molar-refractivity contribution is 6.74. The molecule has 2 N–H and O–H groups in total. The van der Waals surface area contributed by atoms with E-state index in [2.05, 4.69) is 83.3 Å². The Bertz CT molecular complexity index is 2480. The first-order valence-corrected chi connectivity index (χ1v) is 29.3. The highest BCUT2D eigenvalue weighted by Gasteiger charge is 2.37. The van der Waals surface area contributed by atoms with Crippen molar-refractivity contribution in [3.8, 4) is 11.5 Å². The maximum atomic E-state index is 13.3. The molecule has 2 aliphatic heterocycles. The number of hydrogen-bond acceptors (Lipinski definition) is 12. The smallest absolute Gasteiger partial charge is 0.293 e. The highest BCUT2D eigenvalue weighted by atomic mass is 28.4. The van der Waals surface area contributed by atoms with Gasteiger partial charge in [0.1, 0.15) is 11.5 Å². The van der Waals surface area contributed by atoms with Crippen molar-refractivity contribution in [2.24, 2.45) is 0 Å². The molecule has 0 aliphatic carbocycles. The Morgan fingerprint density at radius 3 is 1.56 bits per heavy atom. The number of benzene rings is 2. The van der Waals surface area contributed by atoms with Crippen LogP contribution in [0.15, 0.2) is 76.6 Å². The van der Waals surface area contributed by atoms with Crippen LogP contribution in [-0.2, 0) is 38.0 Å². The second-order valence-electron chi connectivity index (χ2n) is 20.3. The largest absolute Gasteiger partial charge is 0.497 e. The number of hydrogen-bond donors (Lipinski definition) is 2. The van der Waals surface area contributed by atoms with Crippen LogP contribution in [0.25, 0.3) is 6.08 Å². The van der Waals surface area contributed by atoms with E-state index in [-0.39, 0.29) is 51.9 Å². The first kappa shape index (κ1) is 53.4. The fourth-order valence-corrected chi connectivity index (χ4v) is 8.94. The van der Waals surface area contributed by atoms with Crippen LogP contribution < -0.4 is 41.0 Å². The number of rotatable bonds is 17. The monoisotopic (exact) mass is 971 g/mol. The molecule has 0 unspecified atom stereocenters. The lowest BCUT2D eigenvalue weighted by molar-refractivity contribution is -0.121. The van der Waals surface area contributed by atoms with E-state index in [1.807, 2.05) is 66.9 Å². The fraction of sp³-hybridized carbons (Fsp3) is 0.520. The third-order valence-electron chi connectivity index (χ3n) is 13.2. The van der Waals surface area contributed by atoms with Crippen LogP contribution in [0.4, 0.5) is 11.6 Å². The van der Waals surface area contributed by atoms with Gasteiger partial charge < -0.3 is 47.9 Å². The van der Waals surface area contributed by atoms with Gasteiger partial charge in [-0.1, -0.05) is 71.9 Å². The van der Waals surface area contributed by atoms with Gasteiger partial charge in [-0.2, -0.15) is 0 Å². The normalized spacial score (nSPS) is 14.9. The van der Waals surface area contributed by atoms with Crippen LogP contribution in [-0.4, -0.2) is 114 Å². The molecular formula is C50H74N8O8Si2. The van der Waals surface area contributed by atoms with Crippen molar-refractivity contribution in [2.75, 3.05) is 76.5 Å². The Morgan fingerprint density at radius 1 is 0.647 bits per heavy atom. The number of methoxy groups -OCH3 is 2. The number of carbonyl (C=O) groups is 2. The maximum Gasteiger partial charge on any atom is 0.293 e. The molecule has 0 bridgehead atoms. The molecule has 2 saturated heterocycles. The molecule has 0 spiro atoms. The standard InChI is InChI=1S/C25H38N4O4Si.C25H36N4O4Si/c2*1-25(2,3)34(5,6)33-15-7-8-20-17-29(16-19-9-11-21(32-4)12-10-19)24(31)23(27-20)28-14-13-26-22(30)18-28/h9-12,17H,7-8,13-16,18H2,1-6H3,(H,26,30);7-12,17H,13-16,18H2,1-6H3,(H,26,30)/b;8-7+. The van der Waals surface area contributed by atoms with Gasteiger partial charge in [-0.15, -0.1) is 0 Å². The van der Waals surface area contributed by atoms with E-state index in [9.17, 15) is 19.2 Å². The summed E-state index contributed by atoms with van der Waals surface area (Å²) in [7, 11) is -0.411. The maximum absolute atomic E-state index is 13.3. The predicted octanol–water partition coefficient (Wildman–Crippen LogP) is 6.46. The number of aromatic nitrogens is 4. The van der Waals surface area contributed by atoms with Crippen molar-refractivity contribution >= 4 is 46.2 Å². The number of aryl methyl sites for hydroxylation is 1. The van der Waals surface area contributed by atoms with Crippen molar-refractivity contribution in [3.05, 3.63) is 110 Å². The molecule has 370 valence electrons. The molecule has 2 aliphatic rings. The van der Waals surface area contributed by atoms with Gasteiger partial charge >= 0.3 is 0 Å². The number of amides is 2. The average molecular weight is 971 g/mol. The van der Waals surface area contributed by atoms with Crippen molar-refractivity contribution < 1.29 is 27.9 Å². The third kappa shape index (κ3) is 14.7. The van der Waals surface area contributed by atoms with Gasteiger partial charge in [-0.25, -0.2) is 9.97 Å². The highest BCUT2D eigenvalue weighted by Crippen LogP contribution is 2.37. The SMILES string of the molecule is COc1ccc(Cn2cc(/C=C/CO[Si](C)(C)C(C)(C)C)nc(N3CCNC(=O)C3)c2=O)cc1.COc1ccc(Cn2cc(CCCO[Si](C)(C)C(C)(C)C)nc(N3CCNC(=O)C3)c2=O)cc1. The van der Waals surface area contributed by atoms with Crippen LogP contribution in [0.2, 0.25) is 36.3 Å². The van der Waals surface area contributed by atoms with Gasteiger partial charge in [0.25, 0.3) is 11.1 Å². The van der Waals surface area contributed by atoms with Crippen molar-refractivity contribution in [3.63, 3.8) is 0 Å². The second-order valence-corrected chi connectivity index (χ2v) is 30.0. The van der Waals surface area contributed by atoms with Crippen molar-refractivity contribution in [2.45, 2.75) is 104 Å². The summed E-state index contributed by atoms with van der Waals surface area (Å²) >= 11 is 0. The quantitative estimate of drug-likeness (QED) is 0.0876. The number of nitrogens with zero attached hydrogens (tertiary/aromatic N) is 6. The molecule has 4 heterocycles. The lowest BCUT2D eigenvalue weighted by atomic mass is 10.2. The first-order valence-electron chi connectivity index (χ1n) is 23.5. The van der Waals surface area contributed by atoms with E-state index in [4.69, 9.17) is 23.3 Å². The minimum Gasteiger partial charge on any atom is -0.497 e. The van der Waals surface area contributed by atoms with E-state index < -0.39 is 16.6 Å². The number of anilines is 2. The Kier molecular flexibility index (Phi) is 18.2. The third-order valence-corrected chi connectivity index (χ3v) is 22.2. The molecule has 4 aromatic rings. The Labute approximate surface area is 404 Å². The zero-order chi connectivity index (χ0) is 49.9. The summed E-state index contributed by atoms with van der Waals surface area (Å²) in [6, 6.07) is 15.3. The summed E-state index contributed by atoms with van der Waals surface area (Å²) in [5.41, 5.74) is 3.02. The number of nitrogens with one attached hydrogen (secondary N) is 2. The topological polar surface area (TPSA) is 171 Å². The molecule has 2 aromatic carbocycles. The zero-order valence-electron chi connectivity index (χ0n) is 42.4. The molecule has 0 atom stereocenters. The minimum absolute atomic E-state index is 0.0951. The first-order chi connectivity index (χ1) is 32.0. The molecular weight excluding hydrogens is 897 g/mol. The van der Waals surface area contributed by atoms with Crippen LogP contribution in [0.3, 0.4) is 0 Å². The molecule has 16 nitrogen and oxygen atoms in total. The zero-order valence-corrected chi connectivity index (χ0v) is 44.4. The average Bonchev–Trinajstić information content (AvgIpc) is 3.28. The van der Waals surface area contributed by atoms with Crippen LogP contribution in [0.5, 0.6) is 11.5 Å². The molecule has 6 rings (SSSR count). The van der Waals surface area contributed by atoms with Gasteiger partial charge in [-0.3, -0.25) is 19.2 Å². The van der Waals surface area contributed by atoms with E-state index in [1.165, 1.54) is 0 Å². The Hall–Kier alpha value is -5.57. The van der Waals surface area contributed by atoms with Crippen molar-refractivity contribution in [1.29, 1.82) is 0 Å². The molecule has 0 saturated carbocycles. The lowest BCUT2D eigenvalue weighted by Crippen LogP contribution is -2.50. The van der Waals surface area contributed by atoms with E-state index in [0.29, 0.717) is 70.4 Å². The van der Waals surface area contributed by atoms with E-state index in [1.54, 1.807) is 39.4 Å². The second kappa shape index (κ2) is 23.2. The summed E-state index contributed by atoms with van der Waals surface area (Å²) < 4.78 is 26.3. The molecule has 0 radical (unpaired) electrons. The summed E-state index contributed by atoms with van der Waals surface area (Å²) in [6.07, 6.45) is 8.93. The summed E-state index contributed by atoms with van der Waals surface area (Å²) in [6.45, 7) is 26.6. The van der Waals surface area contributed by atoms with Gasteiger partial charge in [0, 0.05) is 45.2 Å². The van der Waals surface area contributed by atoms with Gasteiger partial charge in [0.15, 0.2) is 28.3 Å². The lowest BCUT2D eigenvalue weighted by Gasteiger charge is -2.36. The summed E-state index contributed by atoms with van der Waals surface area (Å²) in [5.74, 6) is 1.95. The van der Waals surface area contributed by atoms with Gasteiger partial charge in [-0.05, 0) is 90.6 Å². The summed E-state index contributed by atoms with van der Waals surface area (Å²) in [4.78, 5) is 63.3. The van der Waals surface area contributed by atoms with Gasteiger partial charge in [0.05, 0.1) is 58.4 Å². The van der Waals surface area contributed by atoms with Crippen LogP contribution in [0.1, 0.15) is 70.5 Å². The van der Waals surface area contributed by atoms with E-state index >= 15 is 0 Å². The van der Waals surface area contributed by atoms with E-state index in [0.717, 1.165) is 34.7 Å². The number of piperazine rings is 2. The van der Waals surface area contributed by atoms with Crippen LogP contribution >= 0.6 is 0 Å². The Morgan fingerprint density at radius 2 is 1.10 bits per heavy atom. The summed E-state index contributed by atoms with van der Waals surface area (Å²) in [5, 5.41) is 5.90. The van der Waals surface area contributed by atoms with Gasteiger partial charge in [0.2, 0.25) is 11.8 Å². The molecule has 68 heavy (non-hydrogen) atoms. The molecule has 2 amide bonds. The van der Waals surface area contributed by atoms with Crippen molar-refractivity contribution in [1.82, 2.24) is 29.7 Å². The fourth-order valence-electron chi connectivity index (χ4n) is 6.91. The predicted molar refractivity (Wildman–Crippen MR) is 275 cm³/mol. The molecule has 18 heteroatoms. The minimum atomic E-state index is -1.86. The Balaban J connectivity index is 0.000000254. The number of ether oxygens (including phenoxy) is 2.